The lowest BCUT2D eigenvalue weighted by molar-refractivity contribution is -0.120. The van der Waals surface area contributed by atoms with Gasteiger partial charge in [0.05, 0.1) is 13.2 Å². The third-order valence-corrected chi connectivity index (χ3v) is 3.19. The van der Waals surface area contributed by atoms with Gasteiger partial charge >= 0.3 is 0 Å². The fraction of sp³-hybridized carbons (Fsp3) is 0.417. The Bertz CT molecular complexity index is 417. The highest BCUT2D eigenvalue weighted by Crippen LogP contribution is 2.20. The molecule has 1 aromatic carbocycles. The first kappa shape index (κ1) is 12.5. The third kappa shape index (κ3) is 3.28. The number of carbonyl (C=O) groups is 1. The summed E-state index contributed by atoms with van der Waals surface area (Å²) in [5, 5.41) is 6.03. The molecule has 1 amide bonds. The number of anilines is 1. The van der Waals surface area contributed by atoms with Crippen molar-refractivity contribution >= 4 is 27.5 Å². The number of carbonyl (C=O) groups excluding carboxylic acids is 1. The number of rotatable bonds is 2. The van der Waals surface area contributed by atoms with Gasteiger partial charge in [0.1, 0.15) is 6.04 Å². The molecule has 1 fully saturated rings. The first-order valence-corrected chi connectivity index (χ1v) is 6.34. The monoisotopic (exact) mass is 298 g/mol. The SMILES string of the molecule is Cc1ccc(Br)cc1NC(=O)C1COCCN1. The maximum Gasteiger partial charge on any atom is 0.243 e. The highest BCUT2D eigenvalue weighted by molar-refractivity contribution is 9.10. The molecule has 0 aliphatic carbocycles. The van der Waals surface area contributed by atoms with Gasteiger partial charge in [-0.05, 0) is 24.6 Å². The lowest BCUT2D eigenvalue weighted by Gasteiger charge is -2.23. The van der Waals surface area contributed by atoms with Gasteiger partial charge in [-0.3, -0.25) is 4.79 Å². The quantitative estimate of drug-likeness (QED) is 0.873. The number of hydrogen-bond donors (Lipinski definition) is 2. The van der Waals surface area contributed by atoms with E-state index in [1.165, 1.54) is 0 Å². The number of amides is 1. The van der Waals surface area contributed by atoms with E-state index in [2.05, 4.69) is 26.6 Å². The van der Waals surface area contributed by atoms with Crippen LogP contribution >= 0.6 is 15.9 Å². The minimum atomic E-state index is -0.262. The number of morpholine rings is 1. The van der Waals surface area contributed by atoms with Gasteiger partial charge in [-0.15, -0.1) is 0 Å². The summed E-state index contributed by atoms with van der Waals surface area (Å²) in [6, 6.07) is 5.55. The van der Waals surface area contributed by atoms with Crippen molar-refractivity contribution in [2.45, 2.75) is 13.0 Å². The van der Waals surface area contributed by atoms with Gasteiger partial charge in [-0.1, -0.05) is 22.0 Å². The molecule has 1 aromatic rings. The van der Waals surface area contributed by atoms with Crippen molar-refractivity contribution in [3.05, 3.63) is 28.2 Å². The molecule has 1 heterocycles. The van der Waals surface area contributed by atoms with Gasteiger partial charge in [0, 0.05) is 16.7 Å². The van der Waals surface area contributed by atoms with Crippen molar-refractivity contribution in [1.29, 1.82) is 0 Å². The lowest BCUT2D eigenvalue weighted by atomic mass is 10.2. The van der Waals surface area contributed by atoms with Crippen LogP contribution in [0.4, 0.5) is 5.69 Å². The van der Waals surface area contributed by atoms with Gasteiger partial charge in [0.15, 0.2) is 0 Å². The second kappa shape index (κ2) is 5.62. The van der Waals surface area contributed by atoms with Crippen LogP contribution in [-0.2, 0) is 9.53 Å². The Hall–Kier alpha value is -0.910. The summed E-state index contributed by atoms with van der Waals surface area (Å²) in [5.41, 5.74) is 1.87. The summed E-state index contributed by atoms with van der Waals surface area (Å²) >= 11 is 3.39. The predicted octanol–water partition coefficient (Wildman–Crippen LogP) is 1.68. The molecule has 0 bridgehead atoms. The lowest BCUT2D eigenvalue weighted by Crippen LogP contribution is -2.48. The van der Waals surface area contributed by atoms with Crippen molar-refractivity contribution < 1.29 is 9.53 Å². The summed E-state index contributed by atoms with van der Waals surface area (Å²) in [5.74, 6) is -0.0501. The maximum absolute atomic E-state index is 12.0. The first-order chi connectivity index (χ1) is 8.16. The zero-order chi connectivity index (χ0) is 12.3. The molecule has 1 unspecified atom stereocenters. The van der Waals surface area contributed by atoms with E-state index < -0.39 is 0 Å². The molecular formula is C12H15BrN2O2. The number of aryl methyl sites for hydroxylation is 1. The van der Waals surface area contributed by atoms with Crippen LogP contribution in [0.25, 0.3) is 0 Å². The summed E-state index contributed by atoms with van der Waals surface area (Å²) in [6.45, 7) is 3.78. The minimum Gasteiger partial charge on any atom is -0.378 e. The first-order valence-electron chi connectivity index (χ1n) is 5.55. The topological polar surface area (TPSA) is 50.4 Å². The molecule has 2 rings (SSSR count). The largest absolute Gasteiger partial charge is 0.378 e. The third-order valence-electron chi connectivity index (χ3n) is 2.70. The van der Waals surface area contributed by atoms with Crippen LogP contribution in [-0.4, -0.2) is 31.7 Å². The predicted molar refractivity (Wildman–Crippen MR) is 70.1 cm³/mol. The van der Waals surface area contributed by atoms with Crippen molar-refractivity contribution in [1.82, 2.24) is 5.32 Å². The molecule has 17 heavy (non-hydrogen) atoms. The van der Waals surface area contributed by atoms with E-state index in [0.717, 1.165) is 22.3 Å². The van der Waals surface area contributed by atoms with E-state index in [-0.39, 0.29) is 11.9 Å². The average Bonchev–Trinajstić information content (AvgIpc) is 2.35. The average molecular weight is 299 g/mol. The standard InChI is InChI=1S/C12H15BrN2O2/c1-8-2-3-9(13)6-10(8)15-12(16)11-7-17-5-4-14-11/h2-3,6,11,14H,4-5,7H2,1H3,(H,15,16). The summed E-state index contributed by atoms with van der Waals surface area (Å²) in [6.07, 6.45) is 0. The minimum absolute atomic E-state index is 0.0501. The Kier molecular flexibility index (Phi) is 4.15. The number of nitrogens with one attached hydrogen (secondary N) is 2. The number of hydrogen-bond acceptors (Lipinski definition) is 3. The Labute approximate surface area is 109 Å². The van der Waals surface area contributed by atoms with E-state index >= 15 is 0 Å². The Morgan fingerprint density at radius 1 is 1.59 bits per heavy atom. The van der Waals surface area contributed by atoms with Crippen LogP contribution in [0.5, 0.6) is 0 Å². The second-order valence-corrected chi connectivity index (χ2v) is 4.95. The number of benzene rings is 1. The van der Waals surface area contributed by atoms with Gasteiger partial charge in [0.25, 0.3) is 0 Å². The molecule has 1 aliphatic rings. The summed E-state index contributed by atoms with van der Waals surface area (Å²) in [7, 11) is 0. The second-order valence-electron chi connectivity index (χ2n) is 4.03. The van der Waals surface area contributed by atoms with Crippen LogP contribution in [0.3, 0.4) is 0 Å². The van der Waals surface area contributed by atoms with E-state index in [1.54, 1.807) is 0 Å². The number of halogens is 1. The van der Waals surface area contributed by atoms with Crippen LogP contribution in [0.15, 0.2) is 22.7 Å². The van der Waals surface area contributed by atoms with Gasteiger partial charge < -0.3 is 15.4 Å². The highest BCUT2D eigenvalue weighted by atomic mass is 79.9. The zero-order valence-corrected chi connectivity index (χ0v) is 11.2. The fourth-order valence-corrected chi connectivity index (χ4v) is 2.04. The Morgan fingerprint density at radius 3 is 3.12 bits per heavy atom. The van der Waals surface area contributed by atoms with E-state index in [4.69, 9.17) is 4.74 Å². The van der Waals surface area contributed by atoms with Crippen LogP contribution < -0.4 is 10.6 Å². The molecular weight excluding hydrogens is 284 g/mol. The van der Waals surface area contributed by atoms with Crippen LogP contribution in [0.1, 0.15) is 5.56 Å². The molecule has 2 N–H and O–H groups in total. The molecule has 1 aliphatic heterocycles. The molecule has 92 valence electrons. The molecule has 1 saturated heterocycles. The molecule has 1 atom stereocenters. The number of ether oxygens (including phenoxy) is 1. The highest BCUT2D eigenvalue weighted by Gasteiger charge is 2.21. The van der Waals surface area contributed by atoms with Crippen molar-refractivity contribution in [2.75, 3.05) is 25.1 Å². The normalized spacial score (nSPS) is 20.0. The van der Waals surface area contributed by atoms with E-state index in [1.807, 2.05) is 25.1 Å². The van der Waals surface area contributed by atoms with Crippen LogP contribution in [0, 0.1) is 6.92 Å². The summed E-state index contributed by atoms with van der Waals surface area (Å²) in [4.78, 5) is 12.0. The molecule has 4 nitrogen and oxygen atoms in total. The van der Waals surface area contributed by atoms with Gasteiger partial charge in [-0.25, -0.2) is 0 Å². The van der Waals surface area contributed by atoms with Crippen molar-refractivity contribution in [3.8, 4) is 0 Å². The van der Waals surface area contributed by atoms with Crippen LogP contribution in [0.2, 0.25) is 0 Å². The molecule has 0 spiro atoms. The molecule has 0 radical (unpaired) electrons. The molecule has 0 saturated carbocycles. The zero-order valence-electron chi connectivity index (χ0n) is 9.63. The maximum atomic E-state index is 12.0. The Balaban J connectivity index is 2.04. The smallest absolute Gasteiger partial charge is 0.243 e. The molecule has 0 aromatic heterocycles. The van der Waals surface area contributed by atoms with Crippen molar-refractivity contribution in [2.24, 2.45) is 0 Å². The van der Waals surface area contributed by atoms with Gasteiger partial charge in [0.2, 0.25) is 5.91 Å². The van der Waals surface area contributed by atoms with Crippen molar-refractivity contribution in [3.63, 3.8) is 0 Å². The fourth-order valence-electron chi connectivity index (χ4n) is 1.68. The summed E-state index contributed by atoms with van der Waals surface area (Å²) < 4.78 is 6.21. The van der Waals surface area contributed by atoms with Gasteiger partial charge in [-0.2, -0.15) is 0 Å². The van der Waals surface area contributed by atoms with E-state index in [0.29, 0.717) is 13.2 Å². The molecule has 5 heteroatoms. The van der Waals surface area contributed by atoms with E-state index in [9.17, 15) is 4.79 Å². The Morgan fingerprint density at radius 2 is 2.41 bits per heavy atom.